The lowest BCUT2D eigenvalue weighted by molar-refractivity contribution is 0.0853. The monoisotopic (exact) mass is 265 g/mol. The van der Waals surface area contributed by atoms with Gasteiger partial charge in [-0.05, 0) is 19.8 Å². The maximum Gasteiger partial charge on any atom is 0.148 e. The molecule has 0 spiro atoms. The van der Waals surface area contributed by atoms with Gasteiger partial charge in [0, 0.05) is 38.3 Å². The molecule has 0 atom stereocenters. The Bertz CT molecular complexity index is 431. The third-order valence-electron chi connectivity index (χ3n) is 3.69. The number of hydrazine groups is 1. The molecule has 19 heavy (non-hydrogen) atoms. The summed E-state index contributed by atoms with van der Waals surface area (Å²) in [6.45, 7) is 5.69. The number of ether oxygens (including phenoxy) is 1. The van der Waals surface area contributed by atoms with Crippen molar-refractivity contribution >= 4 is 11.6 Å². The van der Waals surface area contributed by atoms with Crippen LogP contribution in [-0.2, 0) is 11.2 Å². The van der Waals surface area contributed by atoms with Gasteiger partial charge in [0.1, 0.15) is 17.5 Å². The van der Waals surface area contributed by atoms with Crippen molar-refractivity contribution in [3.63, 3.8) is 0 Å². The summed E-state index contributed by atoms with van der Waals surface area (Å²) >= 11 is 0. The lowest BCUT2D eigenvalue weighted by atomic mass is 10.1. The maximum atomic E-state index is 5.54. The minimum atomic E-state index is 0.470. The zero-order valence-corrected chi connectivity index (χ0v) is 11.9. The van der Waals surface area contributed by atoms with Crippen molar-refractivity contribution in [2.24, 2.45) is 5.84 Å². The molecule has 1 aromatic heterocycles. The molecule has 1 aliphatic rings. The Labute approximate surface area is 114 Å². The second kappa shape index (κ2) is 6.16. The number of rotatable bonds is 4. The fourth-order valence-electron chi connectivity index (χ4n) is 2.44. The summed E-state index contributed by atoms with van der Waals surface area (Å²) in [7, 11) is 2.09. The van der Waals surface area contributed by atoms with Gasteiger partial charge in [0.15, 0.2) is 0 Å². The zero-order chi connectivity index (χ0) is 13.8. The molecule has 0 aromatic carbocycles. The highest BCUT2D eigenvalue weighted by Crippen LogP contribution is 2.26. The summed E-state index contributed by atoms with van der Waals surface area (Å²) in [6, 6.07) is 0.470. The van der Waals surface area contributed by atoms with Crippen LogP contribution in [0.5, 0.6) is 0 Å². The Morgan fingerprint density at radius 3 is 2.63 bits per heavy atom. The highest BCUT2D eigenvalue weighted by molar-refractivity contribution is 5.58. The van der Waals surface area contributed by atoms with Crippen LogP contribution in [-0.4, -0.2) is 36.3 Å². The quantitative estimate of drug-likeness (QED) is 0.630. The SMILES string of the molecule is CCc1nc(NN)c(C)c(N(C)C2CCOCC2)n1. The van der Waals surface area contributed by atoms with Crippen molar-refractivity contribution in [1.29, 1.82) is 0 Å². The van der Waals surface area contributed by atoms with Crippen molar-refractivity contribution in [3.8, 4) is 0 Å². The second-order valence-electron chi connectivity index (χ2n) is 4.89. The van der Waals surface area contributed by atoms with Crippen molar-refractivity contribution in [2.45, 2.75) is 39.2 Å². The molecule has 0 bridgehead atoms. The van der Waals surface area contributed by atoms with Crippen LogP contribution in [0.2, 0.25) is 0 Å². The maximum absolute atomic E-state index is 5.54. The third-order valence-corrected chi connectivity index (χ3v) is 3.69. The first-order valence-electron chi connectivity index (χ1n) is 6.82. The Morgan fingerprint density at radius 1 is 1.37 bits per heavy atom. The molecule has 0 radical (unpaired) electrons. The molecule has 1 fully saturated rings. The lowest BCUT2D eigenvalue weighted by Gasteiger charge is -2.33. The molecule has 2 rings (SSSR count). The van der Waals surface area contributed by atoms with Crippen LogP contribution in [0.4, 0.5) is 11.6 Å². The van der Waals surface area contributed by atoms with Crippen LogP contribution in [0.1, 0.15) is 31.2 Å². The summed E-state index contributed by atoms with van der Waals surface area (Å²) in [6.07, 6.45) is 2.86. The number of aryl methyl sites for hydroxylation is 1. The number of nitrogens with zero attached hydrogens (tertiary/aromatic N) is 3. The van der Waals surface area contributed by atoms with Crippen molar-refractivity contribution in [3.05, 3.63) is 11.4 Å². The molecule has 2 heterocycles. The number of aromatic nitrogens is 2. The van der Waals surface area contributed by atoms with E-state index < -0.39 is 0 Å². The summed E-state index contributed by atoms with van der Waals surface area (Å²) in [5.41, 5.74) is 3.66. The van der Waals surface area contributed by atoms with Crippen molar-refractivity contribution in [1.82, 2.24) is 9.97 Å². The van der Waals surface area contributed by atoms with E-state index >= 15 is 0 Å². The van der Waals surface area contributed by atoms with E-state index in [1.54, 1.807) is 0 Å². The molecule has 0 amide bonds. The van der Waals surface area contributed by atoms with E-state index in [4.69, 9.17) is 10.6 Å². The average molecular weight is 265 g/mol. The van der Waals surface area contributed by atoms with Gasteiger partial charge in [0.05, 0.1) is 0 Å². The molecule has 106 valence electrons. The van der Waals surface area contributed by atoms with Crippen LogP contribution in [0.15, 0.2) is 0 Å². The minimum Gasteiger partial charge on any atom is -0.381 e. The van der Waals surface area contributed by atoms with Gasteiger partial charge in [-0.25, -0.2) is 15.8 Å². The molecule has 0 aliphatic carbocycles. The highest BCUT2D eigenvalue weighted by atomic mass is 16.5. The van der Waals surface area contributed by atoms with Gasteiger partial charge in [-0.3, -0.25) is 0 Å². The summed E-state index contributed by atoms with van der Waals surface area (Å²) in [5, 5.41) is 0. The van der Waals surface area contributed by atoms with Gasteiger partial charge in [-0.2, -0.15) is 0 Å². The van der Waals surface area contributed by atoms with Gasteiger partial charge in [0.2, 0.25) is 0 Å². The predicted molar refractivity (Wildman–Crippen MR) is 76.2 cm³/mol. The third kappa shape index (κ3) is 2.96. The molecular formula is C13H23N5O. The fourth-order valence-corrected chi connectivity index (χ4v) is 2.44. The standard InChI is InChI=1S/C13H23N5O/c1-4-11-15-12(17-14)9(2)13(16-11)18(3)10-5-7-19-8-6-10/h10H,4-8,14H2,1-3H3,(H,15,16,17). The minimum absolute atomic E-state index is 0.470. The average Bonchev–Trinajstić information content (AvgIpc) is 2.47. The van der Waals surface area contributed by atoms with E-state index in [1.165, 1.54) is 0 Å². The van der Waals surface area contributed by atoms with E-state index in [9.17, 15) is 0 Å². The van der Waals surface area contributed by atoms with E-state index in [0.29, 0.717) is 11.9 Å². The smallest absolute Gasteiger partial charge is 0.148 e. The Morgan fingerprint density at radius 2 is 2.05 bits per heavy atom. The molecule has 3 N–H and O–H groups in total. The number of hydrogen-bond donors (Lipinski definition) is 2. The first-order chi connectivity index (χ1) is 9.17. The molecule has 1 aliphatic heterocycles. The van der Waals surface area contributed by atoms with E-state index in [2.05, 4.69) is 27.3 Å². The van der Waals surface area contributed by atoms with Crippen LogP contribution < -0.4 is 16.2 Å². The van der Waals surface area contributed by atoms with Crippen LogP contribution in [0, 0.1) is 6.92 Å². The number of hydrogen-bond acceptors (Lipinski definition) is 6. The summed E-state index contributed by atoms with van der Waals surface area (Å²) < 4.78 is 5.41. The number of anilines is 2. The van der Waals surface area contributed by atoms with Gasteiger partial charge >= 0.3 is 0 Å². The number of nitrogens with two attached hydrogens (primary N) is 1. The van der Waals surface area contributed by atoms with Crippen LogP contribution >= 0.6 is 0 Å². The highest BCUT2D eigenvalue weighted by Gasteiger charge is 2.22. The van der Waals surface area contributed by atoms with Crippen molar-refractivity contribution in [2.75, 3.05) is 30.6 Å². The largest absolute Gasteiger partial charge is 0.381 e. The number of nitrogens with one attached hydrogen (secondary N) is 1. The van der Waals surface area contributed by atoms with Crippen LogP contribution in [0.25, 0.3) is 0 Å². The lowest BCUT2D eigenvalue weighted by Crippen LogP contribution is -2.38. The Hall–Kier alpha value is -1.40. The molecular weight excluding hydrogens is 242 g/mol. The van der Waals surface area contributed by atoms with Gasteiger partial charge < -0.3 is 15.1 Å². The van der Waals surface area contributed by atoms with E-state index in [0.717, 1.165) is 49.7 Å². The van der Waals surface area contributed by atoms with Crippen molar-refractivity contribution < 1.29 is 4.74 Å². The van der Waals surface area contributed by atoms with Gasteiger partial charge in [-0.15, -0.1) is 0 Å². The van der Waals surface area contributed by atoms with Crippen LogP contribution in [0.3, 0.4) is 0 Å². The predicted octanol–water partition coefficient (Wildman–Crippen LogP) is 1.25. The second-order valence-corrected chi connectivity index (χ2v) is 4.89. The Balaban J connectivity index is 2.31. The Kier molecular flexibility index (Phi) is 4.55. The van der Waals surface area contributed by atoms with E-state index in [1.807, 2.05) is 13.8 Å². The molecule has 0 saturated carbocycles. The van der Waals surface area contributed by atoms with E-state index in [-0.39, 0.29) is 0 Å². The molecule has 6 heteroatoms. The molecule has 0 unspecified atom stereocenters. The van der Waals surface area contributed by atoms with Gasteiger partial charge in [0.25, 0.3) is 0 Å². The number of nitrogen functional groups attached to an aromatic ring is 1. The molecule has 1 saturated heterocycles. The first kappa shape index (κ1) is 14.0. The summed E-state index contributed by atoms with van der Waals surface area (Å²) in [4.78, 5) is 11.3. The first-order valence-corrected chi connectivity index (χ1v) is 6.82. The topological polar surface area (TPSA) is 76.3 Å². The normalized spacial score (nSPS) is 16.4. The fraction of sp³-hybridized carbons (Fsp3) is 0.692. The molecule has 1 aromatic rings. The molecule has 6 nitrogen and oxygen atoms in total. The zero-order valence-electron chi connectivity index (χ0n) is 11.9. The van der Waals surface area contributed by atoms with Gasteiger partial charge in [-0.1, -0.05) is 6.92 Å². The summed E-state index contributed by atoms with van der Waals surface area (Å²) in [5.74, 6) is 8.03.